The van der Waals surface area contributed by atoms with E-state index in [1.54, 1.807) is 17.8 Å². The Labute approximate surface area is 141 Å². The van der Waals surface area contributed by atoms with E-state index in [9.17, 15) is 9.59 Å². The van der Waals surface area contributed by atoms with Crippen LogP contribution in [0.4, 0.5) is 0 Å². The molecule has 6 heteroatoms. The van der Waals surface area contributed by atoms with Gasteiger partial charge >= 0.3 is 5.97 Å². The zero-order valence-electron chi connectivity index (χ0n) is 13.5. The third-order valence-electron chi connectivity index (χ3n) is 2.99. The first-order valence-electron chi connectivity index (χ1n) is 7.58. The Bertz CT molecular complexity index is 528. The van der Waals surface area contributed by atoms with Crippen molar-refractivity contribution in [2.24, 2.45) is 0 Å². The minimum atomic E-state index is -1.01. The molecule has 23 heavy (non-hydrogen) atoms. The number of hydrogen-bond donors (Lipinski definition) is 2. The van der Waals surface area contributed by atoms with E-state index in [4.69, 9.17) is 9.84 Å². The van der Waals surface area contributed by atoms with Gasteiger partial charge in [-0.05, 0) is 48.6 Å². The summed E-state index contributed by atoms with van der Waals surface area (Å²) >= 11 is 1.65. The molecule has 0 spiro atoms. The first-order chi connectivity index (χ1) is 11.1. The van der Waals surface area contributed by atoms with Crippen LogP contribution in [0, 0.1) is 0 Å². The highest BCUT2D eigenvalue weighted by Gasteiger charge is 2.18. The largest absolute Gasteiger partial charge is 0.494 e. The monoisotopic (exact) mass is 337 g/mol. The highest BCUT2D eigenvalue weighted by atomic mass is 32.2. The second-order valence-corrected chi connectivity index (χ2v) is 6.11. The van der Waals surface area contributed by atoms with Crippen LogP contribution in [0.2, 0.25) is 0 Å². The molecule has 126 valence electrons. The zero-order valence-corrected chi connectivity index (χ0v) is 14.3. The molecule has 1 unspecified atom stereocenters. The number of benzene rings is 1. The minimum Gasteiger partial charge on any atom is -0.494 e. The number of carboxylic acids is 1. The summed E-state index contributed by atoms with van der Waals surface area (Å²) in [7, 11) is 0. The maximum atomic E-state index is 11.8. The van der Waals surface area contributed by atoms with Gasteiger partial charge in [-0.2, -0.15) is 11.8 Å². The maximum Gasteiger partial charge on any atom is 0.326 e. The smallest absolute Gasteiger partial charge is 0.326 e. The molecule has 0 saturated carbocycles. The SMILES string of the molecule is CCOc1ccc(/C=C/C(=O)NC(CCSCC)C(=O)O)cc1. The predicted octanol–water partition coefficient (Wildman–Crippen LogP) is 2.81. The van der Waals surface area contributed by atoms with Crippen molar-refractivity contribution in [1.82, 2.24) is 5.32 Å². The molecule has 1 amide bonds. The third kappa shape index (κ3) is 7.74. The second-order valence-electron chi connectivity index (χ2n) is 4.72. The molecule has 0 aliphatic rings. The van der Waals surface area contributed by atoms with Crippen molar-refractivity contribution in [3.63, 3.8) is 0 Å². The van der Waals surface area contributed by atoms with Gasteiger partial charge in [-0.1, -0.05) is 19.1 Å². The number of ether oxygens (including phenoxy) is 1. The highest BCUT2D eigenvalue weighted by Crippen LogP contribution is 2.13. The van der Waals surface area contributed by atoms with E-state index in [0.29, 0.717) is 18.8 Å². The van der Waals surface area contributed by atoms with Gasteiger partial charge < -0.3 is 15.2 Å². The van der Waals surface area contributed by atoms with Gasteiger partial charge in [-0.15, -0.1) is 0 Å². The summed E-state index contributed by atoms with van der Waals surface area (Å²) < 4.78 is 5.34. The van der Waals surface area contributed by atoms with E-state index >= 15 is 0 Å². The molecule has 0 bridgehead atoms. The van der Waals surface area contributed by atoms with Crippen molar-refractivity contribution in [2.45, 2.75) is 26.3 Å². The topological polar surface area (TPSA) is 75.6 Å². The number of aliphatic carboxylic acids is 1. The van der Waals surface area contributed by atoms with Gasteiger partial charge in [0.1, 0.15) is 11.8 Å². The third-order valence-corrected chi connectivity index (χ3v) is 3.92. The molecule has 0 aromatic heterocycles. The van der Waals surface area contributed by atoms with Crippen LogP contribution in [0.15, 0.2) is 30.3 Å². The van der Waals surface area contributed by atoms with E-state index in [0.717, 1.165) is 17.1 Å². The molecular formula is C17H23NO4S. The predicted molar refractivity (Wildman–Crippen MR) is 93.8 cm³/mol. The lowest BCUT2D eigenvalue weighted by atomic mass is 10.2. The normalized spacial score (nSPS) is 12.1. The van der Waals surface area contributed by atoms with Crippen molar-refractivity contribution >= 4 is 29.7 Å². The molecule has 0 saturated heterocycles. The van der Waals surface area contributed by atoms with Crippen LogP contribution >= 0.6 is 11.8 Å². The van der Waals surface area contributed by atoms with Gasteiger partial charge in [-0.3, -0.25) is 4.79 Å². The number of carbonyl (C=O) groups is 2. The fraction of sp³-hybridized carbons (Fsp3) is 0.412. The number of amides is 1. The van der Waals surface area contributed by atoms with Crippen LogP contribution in [0.1, 0.15) is 25.8 Å². The number of carboxylic acid groups (broad SMARTS) is 1. The summed E-state index contributed by atoms with van der Waals surface area (Å²) in [5.41, 5.74) is 0.844. The Hall–Kier alpha value is -1.95. The first kappa shape index (κ1) is 19.1. The number of thioether (sulfide) groups is 1. The summed E-state index contributed by atoms with van der Waals surface area (Å²) in [6.45, 7) is 4.53. The fourth-order valence-corrected chi connectivity index (χ4v) is 2.53. The van der Waals surface area contributed by atoms with Crippen LogP contribution < -0.4 is 10.1 Å². The molecule has 1 aromatic rings. The zero-order chi connectivity index (χ0) is 17.1. The molecule has 1 atom stereocenters. The van der Waals surface area contributed by atoms with Crippen LogP contribution in [0.3, 0.4) is 0 Å². The Balaban J connectivity index is 2.53. The lowest BCUT2D eigenvalue weighted by Crippen LogP contribution is -2.40. The number of nitrogens with one attached hydrogen (secondary N) is 1. The van der Waals surface area contributed by atoms with Crippen LogP contribution in [0.25, 0.3) is 6.08 Å². The lowest BCUT2D eigenvalue weighted by molar-refractivity contribution is -0.141. The van der Waals surface area contributed by atoms with Gasteiger partial charge in [0.05, 0.1) is 6.61 Å². The molecule has 1 rings (SSSR count). The Kier molecular flexibility index (Phi) is 8.90. The molecule has 5 nitrogen and oxygen atoms in total. The number of carbonyl (C=O) groups excluding carboxylic acids is 1. The Morgan fingerprint density at radius 2 is 2.00 bits per heavy atom. The van der Waals surface area contributed by atoms with Crippen LogP contribution in [-0.4, -0.2) is 41.1 Å². The summed E-state index contributed by atoms with van der Waals surface area (Å²) in [5.74, 6) is 0.986. The van der Waals surface area contributed by atoms with E-state index < -0.39 is 17.9 Å². The average molecular weight is 337 g/mol. The highest BCUT2D eigenvalue weighted by molar-refractivity contribution is 7.99. The lowest BCUT2D eigenvalue weighted by Gasteiger charge is -2.12. The van der Waals surface area contributed by atoms with E-state index in [-0.39, 0.29) is 0 Å². The summed E-state index contributed by atoms with van der Waals surface area (Å²) in [5, 5.41) is 11.6. The van der Waals surface area contributed by atoms with Gasteiger partial charge in [0, 0.05) is 6.08 Å². The Morgan fingerprint density at radius 1 is 1.30 bits per heavy atom. The molecule has 0 aliphatic heterocycles. The van der Waals surface area contributed by atoms with Crippen molar-refractivity contribution in [3.8, 4) is 5.75 Å². The summed E-state index contributed by atoms with van der Waals surface area (Å²) in [6.07, 6.45) is 3.40. The molecule has 0 aliphatic carbocycles. The second kappa shape index (κ2) is 10.7. The first-order valence-corrected chi connectivity index (χ1v) is 8.74. The summed E-state index contributed by atoms with van der Waals surface area (Å²) in [6, 6.07) is 6.46. The van der Waals surface area contributed by atoms with Crippen molar-refractivity contribution < 1.29 is 19.4 Å². The Morgan fingerprint density at radius 3 is 2.57 bits per heavy atom. The van der Waals surface area contributed by atoms with E-state index in [1.165, 1.54) is 6.08 Å². The van der Waals surface area contributed by atoms with Gasteiger partial charge in [0.2, 0.25) is 5.91 Å². The maximum absolute atomic E-state index is 11.8. The molecular weight excluding hydrogens is 314 g/mol. The molecule has 2 N–H and O–H groups in total. The average Bonchev–Trinajstić information content (AvgIpc) is 2.53. The van der Waals surface area contributed by atoms with Gasteiger partial charge in [0.15, 0.2) is 0 Å². The van der Waals surface area contributed by atoms with Gasteiger partial charge in [-0.25, -0.2) is 4.79 Å². The van der Waals surface area contributed by atoms with Crippen molar-refractivity contribution in [3.05, 3.63) is 35.9 Å². The van der Waals surface area contributed by atoms with E-state index in [1.807, 2.05) is 38.1 Å². The standard InChI is InChI=1S/C17H23NO4S/c1-3-22-14-8-5-13(6-9-14)7-10-16(19)18-15(17(20)21)11-12-23-4-2/h5-10,15H,3-4,11-12H2,1-2H3,(H,18,19)(H,20,21)/b10-7+. The number of hydrogen-bond acceptors (Lipinski definition) is 4. The van der Waals surface area contributed by atoms with Crippen LogP contribution in [0.5, 0.6) is 5.75 Å². The summed E-state index contributed by atoms with van der Waals surface area (Å²) in [4.78, 5) is 23.0. The fourth-order valence-electron chi connectivity index (χ4n) is 1.84. The number of rotatable bonds is 10. The van der Waals surface area contributed by atoms with Crippen LogP contribution in [-0.2, 0) is 9.59 Å². The minimum absolute atomic E-state index is 0.409. The van der Waals surface area contributed by atoms with Crippen molar-refractivity contribution in [1.29, 1.82) is 0 Å². The molecule has 0 fully saturated rings. The van der Waals surface area contributed by atoms with E-state index in [2.05, 4.69) is 5.32 Å². The molecule has 0 heterocycles. The molecule has 0 radical (unpaired) electrons. The van der Waals surface area contributed by atoms with Crippen molar-refractivity contribution in [2.75, 3.05) is 18.1 Å². The molecule has 1 aromatic carbocycles. The van der Waals surface area contributed by atoms with Gasteiger partial charge in [0.25, 0.3) is 0 Å². The quantitative estimate of drug-likeness (QED) is 0.507.